The average Bonchev–Trinajstić information content (AvgIpc) is 2.53. The molecule has 27 heavy (non-hydrogen) atoms. The highest BCUT2D eigenvalue weighted by atomic mass is 19.1. The predicted octanol–water partition coefficient (Wildman–Crippen LogP) is 5.08. The van der Waals surface area contributed by atoms with Crippen molar-refractivity contribution in [1.29, 1.82) is 0 Å². The van der Waals surface area contributed by atoms with E-state index in [1.54, 1.807) is 0 Å². The van der Waals surface area contributed by atoms with Gasteiger partial charge in [-0.05, 0) is 50.5 Å². The molecule has 144 valence electrons. The molecule has 0 amide bonds. The zero-order valence-corrected chi connectivity index (χ0v) is 14.2. The summed E-state index contributed by atoms with van der Waals surface area (Å²) in [5.41, 5.74) is 0.359. The maximum atomic E-state index is 13.0. The standard InChI is InChI=1S/C12H11FO2.C8H7FO2.CH4/c13-8-2-3-9-10(14)7-12(4-1-5-12)15-11(9)6-8;1-5(10)7-3-2-6(9)4-8(7)11;/h2-3,6H,1,4-5,7H2;2-4,11H,1H3;1H4. The number of ether oxygens (including phenoxy) is 1. The lowest BCUT2D eigenvalue weighted by Crippen LogP contribution is -2.47. The van der Waals surface area contributed by atoms with Crippen LogP contribution in [-0.2, 0) is 0 Å². The molecular formula is C21H22F2O4. The number of hydrogen-bond donors (Lipinski definition) is 1. The third-order valence-electron chi connectivity index (χ3n) is 4.66. The smallest absolute Gasteiger partial charge is 0.170 e. The lowest BCUT2D eigenvalue weighted by Gasteiger charge is -2.44. The van der Waals surface area contributed by atoms with Crippen LogP contribution in [0.2, 0.25) is 0 Å². The molecule has 1 fully saturated rings. The topological polar surface area (TPSA) is 63.6 Å². The molecule has 0 radical (unpaired) electrons. The lowest BCUT2D eigenvalue weighted by molar-refractivity contribution is -0.0179. The van der Waals surface area contributed by atoms with Crippen LogP contribution in [0.5, 0.6) is 11.5 Å². The van der Waals surface area contributed by atoms with Crippen LogP contribution < -0.4 is 4.74 Å². The molecule has 1 saturated carbocycles. The van der Waals surface area contributed by atoms with E-state index in [9.17, 15) is 18.4 Å². The van der Waals surface area contributed by atoms with E-state index in [-0.39, 0.29) is 41.7 Å². The maximum Gasteiger partial charge on any atom is 0.170 e. The van der Waals surface area contributed by atoms with Crippen LogP contribution in [0.25, 0.3) is 0 Å². The quantitative estimate of drug-likeness (QED) is 0.705. The van der Waals surface area contributed by atoms with Gasteiger partial charge in [-0.15, -0.1) is 0 Å². The number of aromatic hydroxyl groups is 1. The summed E-state index contributed by atoms with van der Waals surface area (Å²) in [6, 6.07) is 7.43. The molecule has 1 aliphatic carbocycles. The van der Waals surface area contributed by atoms with E-state index < -0.39 is 5.82 Å². The van der Waals surface area contributed by atoms with Crippen molar-refractivity contribution in [2.45, 2.75) is 45.6 Å². The molecule has 1 spiro atoms. The highest BCUT2D eigenvalue weighted by Crippen LogP contribution is 2.44. The molecule has 0 saturated heterocycles. The van der Waals surface area contributed by atoms with E-state index in [1.807, 2.05) is 0 Å². The van der Waals surface area contributed by atoms with E-state index in [1.165, 1.54) is 31.2 Å². The van der Waals surface area contributed by atoms with Gasteiger partial charge in [-0.1, -0.05) is 7.43 Å². The van der Waals surface area contributed by atoms with Crippen molar-refractivity contribution in [1.82, 2.24) is 0 Å². The molecule has 1 aliphatic heterocycles. The minimum absolute atomic E-state index is 0. The number of ketones is 2. The van der Waals surface area contributed by atoms with Crippen LogP contribution in [0.4, 0.5) is 8.78 Å². The van der Waals surface area contributed by atoms with Crippen molar-refractivity contribution in [3.8, 4) is 11.5 Å². The highest BCUT2D eigenvalue weighted by Gasteiger charge is 2.45. The van der Waals surface area contributed by atoms with Gasteiger partial charge in [0.05, 0.1) is 17.5 Å². The minimum Gasteiger partial charge on any atom is -0.507 e. The van der Waals surface area contributed by atoms with Crippen LogP contribution in [0.15, 0.2) is 36.4 Å². The van der Waals surface area contributed by atoms with Gasteiger partial charge in [-0.25, -0.2) is 8.78 Å². The first-order valence-corrected chi connectivity index (χ1v) is 8.31. The van der Waals surface area contributed by atoms with Gasteiger partial charge in [-0.2, -0.15) is 0 Å². The number of phenols is 1. The van der Waals surface area contributed by atoms with Crippen LogP contribution in [0.3, 0.4) is 0 Å². The first-order valence-electron chi connectivity index (χ1n) is 8.31. The molecule has 0 atom stereocenters. The second-order valence-electron chi connectivity index (χ2n) is 6.60. The maximum absolute atomic E-state index is 13.0. The Hall–Kier alpha value is -2.76. The number of phenolic OH excluding ortho intramolecular Hbond substituents is 1. The number of hydrogen-bond acceptors (Lipinski definition) is 4. The third-order valence-corrected chi connectivity index (χ3v) is 4.66. The fourth-order valence-electron chi connectivity index (χ4n) is 3.12. The van der Waals surface area contributed by atoms with Gasteiger partial charge in [0.1, 0.15) is 28.7 Å². The fraction of sp³-hybridized carbons (Fsp3) is 0.333. The Bertz CT molecular complexity index is 872. The summed E-state index contributed by atoms with van der Waals surface area (Å²) in [5.74, 6) is -0.979. The largest absolute Gasteiger partial charge is 0.507 e. The second-order valence-corrected chi connectivity index (χ2v) is 6.60. The Labute approximate surface area is 156 Å². The number of carbonyl (C=O) groups excluding carboxylic acids is 2. The van der Waals surface area contributed by atoms with Gasteiger partial charge < -0.3 is 9.84 Å². The van der Waals surface area contributed by atoms with Crippen molar-refractivity contribution in [3.63, 3.8) is 0 Å². The summed E-state index contributed by atoms with van der Waals surface area (Å²) < 4.78 is 31.1. The third kappa shape index (κ3) is 4.32. The summed E-state index contributed by atoms with van der Waals surface area (Å²) in [5, 5.41) is 9.00. The monoisotopic (exact) mass is 376 g/mol. The zero-order chi connectivity index (χ0) is 18.9. The van der Waals surface area contributed by atoms with Crippen molar-refractivity contribution in [2.24, 2.45) is 0 Å². The van der Waals surface area contributed by atoms with E-state index in [4.69, 9.17) is 9.84 Å². The zero-order valence-electron chi connectivity index (χ0n) is 14.2. The van der Waals surface area contributed by atoms with E-state index in [2.05, 4.69) is 0 Å². The Morgan fingerprint density at radius 3 is 2.30 bits per heavy atom. The van der Waals surface area contributed by atoms with Gasteiger partial charge in [0.2, 0.25) is 0 Å². The van der Waals surface area contributed by atoms with Crippen LogP contribution in [0, 0.1) is 11.6 Å². The van der Waals surface area contributed by atoms with Crippen LogP contribution in [0.1, 0.15) is 60.7 Å². The summed E-state index contributed by atoms with van der Waals surface area (Å²) in [6.45, 7) is 1.31. The number of rotatable bonds is 1. The summed E-state index contributed by atoms with van der Waals surface area (Å²) in [4.78, 5) is 22.5. The Morgan fingerprint density at radius 1 is 1.11 bits per heavy atom. The molecule has 1 N–H and O–H groups in total. The van der Waals surface area contributed by atoms with Crippen molar-refractivity contribution >= 4 is 11.6 Å². The van der Waals surface area contributed by atoms with Crippen LogP contribution in [-0.4, -0.2) is 22.3 Å². The van der Waals surface area contributed by atoms with Gasteiger partial charge in [0.25, 0.3) is 0 Å². The molecule has 2 aromatic rings. The Morgan fingerprint density at radius 2 is 1.74 bits per heavy atom. The van der Waals surface area contributed by atoms with Gasteiger partial charge in [-0.3, -0.25) is 9.59 Å². The molecule has 2 aliphatic rings. The highest BCUT2D eigenvalue weighted by molar-refractivity contribution is 6.00. The first kappa shape index (κ1) is 20.6. The number of fused-ring (bicyclic) bond motifs is 1. The predicted molar refractivity (Wildman–Crippen MR) is 97.4 cm³/mol. The normalized spacial score (nSPS) is 16.0. The number of benzene rings is 2. The average molecular weight is 376 g/mol. The Kier molecular flexibility index (Phi) is 5.98. The summed E-state index contributed by atoms with van der Waals surface area (Å²) >= 11 is 0. The molecule has 0 aromatic heterocycles. The molecule has 1 heterocycles. The number of carbonyl (C=O) groups is 2. The molecular weight excluding hydrogens is 354 g/mol. The summed E-state index contributed by atoms with van der Waals surface area (Å²) in [7, 11) is 0. The van der Waals surface area contributed by atoms with Crippen molar-refractivity contribution in [3.05, 3.63) is 59.2 Å². The van der Waals surface area contributed by atoms with Gasteiger partial charge in [0, 0.05) is 12.1 Å². The SMILES string of the molecule is C.CC(=O)c1ccc(F)cc1O.O=C1CC2(CCC2)Oc2cc(F)ccc21. The van der Waals surface area contributed by atoms with E-state index in [0.717, 1.165) is 31.4 Å². The van der Waals surface area contributed by atoms with Gasteiger partial charge in [0.15, 0.2) is 11.6 Å². The van der Waals surface area contributed by atoms with Crippen molar-refractivity contribution < 1.29 is 28.2 Å². The van der Waals surface area contributed by atoms with E-state index >= 15 is 0 Å². The summed E-state index contributed by atoms with van der Waals surface area (Å²) in [6.07, 6.45) is 3.37. The fourth-order valence-corrected chi connectivity index (χ4v) is 3.12. The lowest BCUT2D eigenvalue weighted by atomic mass is 9.74. The molecule has 4 nitrogen and oxygen atoms in total. The van der Waals surface area contributed by atoms with Crippen LogP contribution >= 0.6 is 0 Å². The number of halogens is 2. The second kappa shape index (κ2) is 7.86. The molecule has 6 heteroatoms. The molecule has 0 bridgehead atoms. The molecule has 4 rings (SSSR count). The number of Topliss-reactive ketones (excluding diaryl/α,β-unsaturated/α-hetero) is 2. The molecule has 0 unspecified atom stereocenters. The first-order chi connectivity index (χ1) is 12.3. The van der Waals surface area contributed by atoms with E-state index in [0.29, 0.717) is 17.7 Å². The minimum atomic E-state index is -0.549. The van der Waals surface area contributed by atoms with Crippen molar-refractivity contribution in [2.75, 3.05) is 0 Å². The van der Waals surface area contributed by atoms with Gasteiger partial charge >= 0.3 is 0 Å². The Balaban J connectivity index is 0.000000196. The molecule has 2 aromatic carbocycles.